The van der Waals surface area contributed by atoms with Gasteiger partial charge in [0, 0.05) is 16.3 Å². The number of carbonyl (C=O) groups is 2. The van der Waals surface area contributed by atoms with Crippen LogP contribution in [0.2, 0.25) is 5.02 Å². The Bertz CT molecular complexity index is 1190. The molecule has 1 aliphatic heterocycles. The highest BCUT2D eigenvalue weighted by atomic mass is 35.5. The van der Waals surface area contributed by atoms with E-state index in [-0.39, 0.29) is 12.1 Å². The number of carbonyl (C=O) groups excluding carboxylic acids is 2. The largest absolute Gasteiger partial charge is 0.416 e. The summed E-state index contributed by atoms with van der Waals surface area (Å²) in [5.74, 6) is -0.533. The van der Waals surface area contributed by atoms with E-state index in [1.54, 1.807) is 12.1 Å². The lowest BCUT2D eigenvalue weighted by Gasteiger charge is -2.12. The Kier molecular flexibility index (Phi) is 5.68. The van der Waals surface area contributed by atoms with Crippen molar-refractivity contribution >= 4 is 34.9 Å². The number of aryl methyl sites for hydroxylation is 1. The van der Waals surface area contributed by atoms with Crippen LogP contribution in [-0.2, 0) is 22.2 Å². The minimum Gasteiger partial charge on any atom is -0.326 e. The van der Waals surface area contributed by atoms with Crippen LogP contribution in [-0.4, -0.2) is 21.6 Å². The molecule has 1 atom stereocenters. The van der Waals surface area contributed by atoms with Crippen molar-refractivity contribution in [2.45, 2.75) is 32.0 Å². The minimum atomic E-state index is -4.52. The fraction of sp³-hybridized carbons (Fsp3) is 0.227. The molecule has 0 saturated carbocycles. The summed E-state index contributed by atoms with van der Waals surface area (Å²) in [4.78, 5) is 25.1. The standard InChI is InChI=1S/C22H18ClF3N4O2/c1-2-16-19(12-6-8-14(23)9-7-12)20-28-21(32)17(30(20)29-16)11-18(31)27-15-5-3-4-13(10-15)22(24,25)26/h3-10,17H,2,11H2,1H3,(H,27,31)(H,28,32). The molecule has 32 heavy (non-hydrogen) atoms. The van der Waals surface area contributed by atoms with Gasteiger partial charge in [-0.1, -0.05) is 36.7 Å². The second-order valence-electron chi connectivity index (χ2n) is 7.31. The van der Waals surface area contributed by atoms with E-state index in [1.165, 1.54) is 16.8 Å². The first-order chi connectivity index (χ1) is 15.2. The van der Waals surface area contributed by atoms with E-state index < -0.39 is 29.6 Å². The van der Waals surface area contributed by atoms with Crippen LogP contribution in [0, 0.1) is 0 Å². The Morgan fingerprint density at radius 3 is 2.59 bits per heavy atom. The Labute approximate surface area is 186 Å². The van der Waals surface area contributed by atoms with Gasteiger partial charge in [-0.05, 0) is 42.3 Å². The van der Waals surface area contributed by atoms with Gasteiger partial charge in [0.15, 0.2) is 0 Å². The van der Waals surface area contributed by atoms with E-state index in [0.29, 0.717) is 17.3 Å². The maximum absolute atomic E-state index is 12.9. The Morgan fingerprint density at radius 1 is 1.22 bits per heavy atom. The van der Waals surface area contributed by atoms with E-state index in [9.17, 15) is 22.8 Å². The molecule has 1 aliphatic rings. The number of aromatic nitrogens is 2. The number of alkyl halides is 3. The second kappa shape index (κ2) is 8.31. The molecule has 0 aliphatic carbocycles. The van der Waals surface area contributed by atoms with E-state index in [1.807, 2.05) is 19.1 Å². The highest BCUT2D eigenvalue weighted by molar-refractivity contribution is 6.30. The molecular formula is C22H18ClF3N4O2. The molecule has 0 spiro atoms. The molecule has 1 aromatic heterocycles. The third kappa shape index (κ3) is 4.20. The predicted octanol–water partition coefficient (Wildman–Crippen LogP) is 5.31. The summed E-state index contributed by atoms with van der Waals surface area (Å²) < 4.78 is 40.2. The molecular weight excluding hydrogens is 445 g/mol. The molecule has 0 saturated heterocycles. The van der Waals surface area contributed by atoms with Gasteiger partial charge in [0.25, 0.3) is 5.91 Å². The van der Waals surface area contributed by atoms with E-state index in [2.05, 4.69) is 15.7 Å². The molecule has 0 radical (unpaired) electrons. The van der Waals surface area contributed by atoms with Gasteiger partial charge >= 0.3 is 6.18 Å². The monoisotopic (exact) mass is 462 g/mol. The number of benzene rings is 2. The zero-order valence-electron chi connectivity index (χ0n) is 16.8. The van der Waals surface area contributed by atoms with Gasteiger partial charge in [-0.2, -0.15) is 18.3 Å². The number of nitrogens with zero attached hydrogens (tertiary/aromatic N) is 2. The number of nitrogens with one attached hydrogen (secondary N) is 2. The highest BCUT2D eigenvalue weighted by Gasteiger charge is 2.37. The molecule has 10 heteroatoms. The summed E-state index contributed by atoms with van der Waals surface area (Å²) >= 11 is 5.97. The first kappa shape index (κ1) is 21.9. The normalized spacial score (nSPS) is 15.4. The first-order valence-electron chi connectivity index (χ1n) is 9.82. The number of fused-ring (bicyclic) bond motifs is 1. The van der Waals surface area contributed by atoms with E-state index >= 15 is 0 Å². The van der Waals surface area contributed by atoms with Crippen molar-refractivity contribution < 1.29 is 22.8 Å². The minimum absolute atomic E-state index is 0.0000179. The number of hydrogen-bond donors (Lipinski definition) is 2. The Hall–Kier alpha value is -3.33. The molecule has 2 N–H and O–H groups in total. The summed E-state index contributed by atoms with van der Waals surface area (Å²) in [5, 5.41) is 10.3. The molecule has 1 unspecified atom stereocenters. The van der Waals surface area contributed by atoms with Crippen LogP contribution in [0.1, 0.15) is 30.6 Å². The highest BCUT2D eigenvalue weighted by Crippen LogP contribution is 2.39. The SMILES string of the molecule is CCc1nn2c(c1-c1ccc(Cl)cc1)NC(=O)C2CC(=O)Nc1cccc(C(F)(F)F)c1. The average molecular weight is 463 g/mol. The van der Waals surface area contributed by atoms with Crippen LogP contribution in [0.15, 0.2) is 48.5 Å². The van der Waals surface area contributed by atoms with Gasteiger partial charge in [0.1, 0.15) is 11.9 Å². The number of hydrogen-bond acceptors (Lipinski definition) is 3. The van der Waals surface area contributed by atoms with Crippen LogP contribution in [0.3, 0.4) is 0 Å². The fourth-order valence-electron chi connectivity index (χ4n) is 3.65. The van der Waals surface area contributed by atoms with Crippen LogP contribution >= 0.6 is 11.6 Å². The summed E-state index contributed by atoms with van der Waals surface area (Å²) in [6, 6.07) is 10.5. The van der Waals surface area contributed by atoms with Gasteiger partial charge < -0.3 is 10.6 Å². The Morgan fingerprint density at radius 2 is 1.94 bits per heavy atom. The lowest BCUT2D eigenvalue weighted by atomic mass is 10.0. The maximum atomic E-state index is 12.9. The third-order valence-corrected chi connectivity index (χ3v) is 5.39. The molecule has 0 fully saturated rings. The zero-order valence-corrected chi connectivity index (χ0v) is 17.6. The van der Waals surface area contributed by atoms with Gasteiger partial charge in [-0.25, -0.2) is 4.68 Å². The molecule has 2 aromatic carbocycles. The van der Waals surface area contributed by atoms with Crippen LogP contribution in [0.5, 0.6) is 0 Å². The summed E-state index contributed by atoms with van der Waals surface area (Å²) in [6.07, 6.45) is -4.21. The van der Waals surface area contributed by atoms with Crippen LogP contribution in [0.25, 0.3) is 11.1 Å². The van der Waals surface area contributed by atoms with Gasteiger partial charge in [0.05, 0.1) is 17.7 Å². The van der Waals surface area contributed by atoms with Crippen molar-refractivity contribution in [3.63, 3.8) is 0 Å². The van der Waals surface area contributed by atoms with Gasteiger partial charge in [-0.3, -0.25) is 9.59 Å². The fourth-order valence-corrected chi connectivity index (χ4v) is 3.77. The number of amides is 2. The smallest absolute Gasteiger partial charge is 0.326 e. The molecule has 2 amide bonds. The summed E-state index contributed by atoms with van der Waals surface area (Å²) in [7, 11) is 0. The van der Waals surface area contributed by atoms with Crippen molar-refractivity contribution in [2.75, 3.05) is 10.6 Å². The van der Waals surface area contributed by atoms with Crippen molar-refractivity contribution in [3.05, 3.63) is 64.8 Å². The molecule has 0 bridgehead atoms. The average Bonchev–Trinajstić information content (AvgIpc) is 3.23. The van der Waals surface area contributed by atoms with Crippen molar-refractivity contribution in [3.8, 4) is 11.1 Å². The van der Waals surface area contributed by atoms with E-state index in [0.717, 1.165) is 29.0 Å². The summed E-state index contributed by atoms with van der Waals surface area (Å²) in [6.45, 7) is 1.93. The van der Waals surface area contributed by atoms with E-state index in [4.69, 9.17) is 11.6 Å². The second-order valence-corrected chi connectivity index (χ2v) is 7.75. The lowest BCUT2D eigenvalue weighted by Crippen LogP contribution is -2.24. The molecule has 2 heterocycles. The van der Waals surface area contributed by atoms with Crippen molar-refractivity contribution in [1.82, 2.24) is 9.78 Å². The number of halogens is 4. The van der Waals surface area contributed by atoms with Gasteiger partial charge in [0.2, 0.25) is 5.91 Å². The first-order valence-corrected chi connectivity index (χ1v) is 10.2. The van der Waals surface area contributed by atoms with Crippen LogP contribution < -0.4 is 10.6 Å². The molecule has 6 nitrogen and oxygen atoms in total. The topological polar surface area (TPSA) is 76.0 Å². The predicted molar refractivity (Wildman–Crippen MR) is 114 cm³/mol. The van der Waals surface area contributed by atoms with Crippen LogP contribution in [0.4, 0.5) is 24.7 Å². The molecule has 4 rings (SSSR count). The van der Waals surface area contributed by atoms with Crippen molar-refractivity contribution in [1.29, 1.82) is 0 Å². The lowest BCUT2D eigenvalue weighted by molar-refractivity contribution is -0.137. The Balaban J connectivity index is 1.58. The zero-order chi connectivity index (χ0) is 23.0. The number of rotatable bonds is 5. The molecule has 3 aromatic rings. The maximum Gasteiger partial charge on any atom is 0.416 e. The van der Waals surface area contributed by atoms with Gasteiger partial charge in [-0.15, -0.1) is 0 Å². The quantitative estimate of drug-likeness (QED) is 0.539. The molecule has 166 valence electrons. The number of anilines is 2. The summed E-state index contributed by atoms with van der Waals surface area (Å²) in [5.41, 5.74) is 1.44. The van der Waals surface area contributed by atoms with Crippen molar-refractivity contribution in [2.24, 2.45) is 0 Å². The third-order valence-electron chi connectivity index (χ3n) is 5.14.